The summed E-state index contributed by atoms with van der Waals surface area (Å²) in [6.45, 7) is 10.2. The van der Waals surface area contributed by atoms with Crippen molar-refractivity contribution in [3.05, 3.63) is 70.8 Å². The summed E-state index contributed by atoms with van der Waals surface area (Å²) in [5.74, 6) is 0.727. The predicted molar refractivity (Wildman–Crippen MR) is 116 cm³/mol. The van der Waals surface area contributed by atoms with Crippen LogP contribution >= 0.6 is 0 Å². The smallest absolute Gasteiger partial charge is 0.251 e. The van der Waals surface area contributed by atoms with E-state index in [1.54, 1.807) is 0 Å². The van der Waals surface area contributed by atoms with Crippen molar-refractivity contribution in [2.45, 2.75) is 53.2 Å². The molecule has 5 heteroatoms. The Hall–Kier alpha value is -2.82. The van der Waals surface area contributed by atoms with Crippen LogP contribution in [0.25, 0.3) is 0 Å². The van der Waals surface area contributed by atoms with Crippen molar-refractivity contribution in [2.24, 2.45) is 4.99 Å². The average molecular weight is 381 g/mol. The van der Waals surface area contributed by atoms with Gasteiger partial charge >= 0.3 is 0 Å². The molecule has 150 valence electrons. The molecule has 0 aliphatic carbocycles. The van der Waals surface area contributed by atoms with Gasteiger partial charge in [-0.15, -0.1) is 0 Å². The van der Waals surface area contributed by atoms with Gasteiger partial charge in [0.05, 0.1) is 6.54 Å². The molecule has 0 aliphatic heterocycles. The molecule has 0 aromatic heterocycles. The first-order chi connectivity index (χ1) is 13.5. The van der Waals surface area contributed by atoms with Crippen LogP contribution in [-0.4, -0.2) is 24.5 Å². The third-order valence-electron chi connectivity index (χ3n) is 4.65. The molecule has 5 nitrogen and oxygen atoms in total. The lowest BCUT2D eigenvalue weighted by Gasteiger charge is -2.13. The zero-order valence-corrected chi connectivity index (χ0v) is 17.4. The molecule has 2 rings (SSSR count). The molecule has 1 unspecified atom stereocenters. The van der Waals surface area contributed by atoms with E-state index in [2.05, 4.69) is 46.9 Å². The van der Waals surface area contributed by atoms with Crippen molar-refractivity contribution < 1.29 is 4.79 Å². The standard InChI is InChI=1S/C23H32N4O/c1-5-18(4)27-22(28)20-13-9-11-19(14-20)15-25-23(24-6-2)26-16-21-12-8-7-10-17(21)3/h7-14,18H,5-6,15-16H2,1-4H3,(H,27,28)(H2,24,25,26). The number of carbonyl (C=O) groups is 1. The number of carbonyl (C=O) groups excluding carboxylic acids is 1. The lowest BCUT2D eigenvalue weighted by atomic mass is 10.1. The minimum absolute atomic E-state index is 0.0373. The quantitative estimate of drug-likeness (QED) is 0.482. The zero-order valence-electron chi connectivity index (χ0n) is 17.4. The van der Waals surface area contributed by atoms with Gasteiger partial charge in [0, 0.05) is 24.7 Å². The maximum Gasteiger partial charge on any atom is 0.251 e. The van der Waals surface area contributed by atoms with Gasteiger partial charge < -0.3 is 16.0 Å². The van der Waals surface area contributed by atoms with Gasteiger partial charge in [-0.1, -0.05) is 43.3 Å². The van der Waals surface area contributed by atoms with Gasteiger partial charge in [-0.05, 0) is 56.0 Å². The summed E-state index contributed by atoms with van der Waals surface area (Å²) in [5, 5.41) is 9.65. The maximum atomic E-state index is 12.3. The summed E-state index contributed by atoms with van der Waals surface area (Å²) in [7, 11) is 0. The van der Waals surface area contributed by atoms with Crippen LogP contribution in [0.5, 0.6) is 0 Å². The Morgan fingerprint density at radius 3 is 2.57 bits per heavy atom. The molecule has 2 aromatic carbocycles. The fraction of sp³-hybridized carbons (Fsp3) is 0.391. The Morgan fingerprint density at radius 2 is 1.86 bits per heavy atom. The number of aliphatic imine (C=N–C) groups is 1. The molecular weight excluding hydrogens is 348 g/mol. The number of hydrogen-bond donors (Lipinski definition) is 3. The van der Waals surface area contributed by atoms with Crippen LogP contribution in [0.4, 0.5) is 0 Å². The third kappa shape index (κ3) is 6.72. The predicted octanol–water partition coefficient (Wildman–Crippen LogP) is 3.78. The highest BCUT2D eigenvalue weighted by Crippen LogP contribution is 2.08. The van der Waals surface area contributed by atoms with Crippen molar-refractivity contribution >= 4 is 11.9 Å². The molecule has 0 aliphatic rings. The van der Waals surface area contributed by atoms with Crippen LogP contribution in [0.1, 0.15) is 54.2 Å². The lowest BCUT2D eigenvalue weighted by Crippen LogP contribution is -2.37. The highest BCUT2D eigenvalue weighted by molar-refractivity contribution is 5.94. The Bertz CT molecular complexity index is 801. The Labute approximate surface area is 168 Å². The molecular formula is C23H32N4O. The van der Waals surface area contributed by atoms with E-state index >= 15 is 0 Å². The number of nitrogens with one attached hydrogen (secondary N) is 3. The van der Waals surface area contributed by atoms with Crippen LogP contribution in [0, 0.1) is 6.92 Å². The molecule has 0 fully saturated rings. The van der Waals surface area contributed by atoms with Crippen molar-refractivity contribution in [1.82, 2.24) is 16.0 Å². The van der Waals surface area contributed by atoms with Crippen LogP contribution < -0.4 is 16.0 Å². The molecule has 0 bridgehead atoms. The van der Waals surface area contributed by atoms with Gasteiger partial charge in [-0.3, -0.25) is 4.79 Å². The summed E-state index contributed by atoms with van der Waals surface area (Å²) in [5.41, 5.74) is 4.18. The highest BCUT2D eigenvalue weighted by atomic mass is 16.1. The van der Waals surface area contributed by atoms with Crippen LogP contribution in [0.2, 0.25) is 0 Å². The molecule has 1 amide bonds. The van der Waals surface area contributed by atoms with E-state index < -0.39 is 0 Å². The number of guanidine groups is 1. The van der Waals surface area contributed by atoms with Crippen molar-refractivity contribution in [3.8, 4) is 0 Å². The summed E-state index contributed by atoms with van der Waals surface area (Å²) in [6, 6.07) is 16.1. The second-order valence-electron chi connectivity index (χ2n) is 6.96. The van der Waals surface area contributed by atoms with E-state index in [0.29, 0.717) is 12.1 Å². The fourth-order valence-electron chi connectivity index (χ4n) is 2.72. The number of aryl methyl sites for hydroxylation is 1. The van der Waals surface area contributed by atoms with Crippen LogP contribution in [-0.2, 0) is 13.1 Å². The number of benzene rings is 2. The minimum Gasteiger partial charge on any atom is -0.357 e. The molecule has 3 N–H and O–H groups in total. The molecule has 2 aromatic rings. The minimum atomic E-state index is -0.0373. The topological polar surface area (TPSA) is 65.5 Å². The van der Waals surface area contributed by atoms with Crippen molar-refractivity contribution in [3.63, 3.8) is 0 Å². The lowest BCUT2D eigenvalue weighted by molar-refractivity contribution is 0.0939. The SMILES string of the molecule is CCNC(=NCc1cccc(C(=O)NC(C)CC)c1)NCc1ccccc1C. The van der Waals surface area contributed by atoms with Gasteiger partial charge in [-0.25, -0.2) is 4.99 Å². The van der Waals surface area contributed by atoms with E-state index in [9.17, 15) is 4.79 Å². The summed E-state index contributed by atoms with van der Waals surface area (Å²) in [6.07, 6.45) is 0.911. The van der Waals surface area contributed by atoms with E-state index in [1.807, 2.05) is 50.2 Å². The van der Waals surface area contributed by atoms with Crippen LogP contribution in [0.3, 0.4) is 0 Å². The fourth-order valence-corrected chi connectivity index (χ4v) is 2.72. The first kappa shape index (κ1) is 21.5. The molecule has 0 saturated heterocycles. The van der Waals surface area contributed by atoms with Gasteiger partial charge in [0.1, 0.15) is 0 Å². The maximum absolute atomic E-state index is 12.3. The largest absolute Gasteiger partial charge is 0.357 e. The molecule has 28 heavy (non-hydrogen) atoms. The second kappa shape index (κ2) is 11.1. The Morgan fingerprint density at radius 1 is 1.07 bits per heavy atom. The normalized spacial score (nSPS) is 12.4. The molecule has 1 atom stereocenters. The summed E-state index contributed by atoms with van der Waals surface area (Å²) >= 11 is 0. The molecule has 0 radical (unpaired) electrons. The number of hydrogen-bond acceptors (Lipinski definition) is 2. The number of nitrogens with zero attached hydrogens (tertiary/aromatic N) is 1. The summed E-state index contributed by atoms with van der Waals surface area (Å²) < 4.78 is 0. The summed E-state index contributed by atoms with van der Waals surface area (Å²) in [4.78, 5) is 17.0. The first-order valence-electron chi connectivity index (χ1n) is 10.00. The second-order valence-corrected chi connectivity index (χ2v) is 6.96. The van der Waals surface area contributed by atoms with Gasteiger partial charge in [0.15, 0.2) is 5.96 Å². The van der Waals surface area contributed by atoms with Crippen molar-refractivity contribution in [2.75, 3.05) is 6.54 Å². The number of amides is 1. The molecule has 0 heterocycles. The monoisotopic (exact) mass is 380 g/mol. The molecule has 0 saturated carbocycles. The van der Waals surface area contributed by atoms with Gasteiger partial charge in [0.2, 0.25) is 0 Å². The zero-order chi connectivity index (χ0) is 20.4. The number of rotatable bonds is 8. The van der Waals surface area contributed by atoms with E-state index in [4.69, 9.17) is 0 Å². The Kier molecular flexibility index (Phi) is 8.53. The highest BCUT2D eigenvalue weighted by Gasteiger charge is 2.09. The van der Waals surface area contributed by atoms with Crippen LogP contribution in [0.15, 0.2) is 53.5 Å². The van der Waals surface area contributed by atoms with Gasteiger partial charge in [0.25, 0.3) is 5.91 Å². The van der Waals surface area contributed by atoms with E-state index in [-0.39, 0.29) is 11.9 Å². The van der Waals surface area contributed by atoms with Gasteiger partial charge in [-0.2, -0.15) is 0 Å². The first-order valence-corrected chi connectivity index (χ1v) is 10.00. The van der Waals surface area contributed by atoms with Crippen molar-refractivity contribution in [1.29, 1.82) is 0 Å². The molecule has 0 spiro atoms. The van der Waals surface area contributed by atoms with E-state index in [0.717, 1.165) is 31.0 Å². The Balaban J connectivity index is 2.03. The van der Waals surface area contributed by atoms with E-state index in [1.165, 1.54) is 11.1 Å². The average Bonchev–Trinajstić information content (AvgIpc) is 2.71. The third-order valence-corrected chi connectivity index (χ3v) is 4.65.